The lowest BCUT2D eigenvalue weighted by Gasteiger charge is -2.40. The first kappa shape index (κ1) is 12.1. The standard InChI is InChI=1S/C15H18FN/c1-4-15(2,3)17-14-9-12(10-14)11-5-7-13(16)8-6-11/h1,5-8,12,14,17H,9-10H2,2-3H3. The topological polar surface area (TPSA) is 12.0 Å². The molecule has 0 spiro atoms. The number of hydrogen-bond acceptors (Lipinski definition) is 1. The monoisotopic (exact) mass is 231 g/mol. The van der Waals surface area contributed by atoms with E-state index in [0.717, 1.165) is 12.8 Å². The molecule has 0 radical (unpaired) electrons. The molecule has 0 bridgehead atoms. The van der Waals surface area contributed by atoms with E-state index in [1.165, 1.54) is 17.7 Å². The highest BCUT2D eigenvalue weighted by atomic mass is 19.1. The van der Waals surface area contributed by atoms with Crippen LogP contribution in [0.5, 0.6) is 0 Å². The maximum atomic E-state index is 12.8. The fourth-order valence-corrected chi connectivity index (χ4v) is 2.29. The number of nitrogens with one attached hydrogen (secondary N) is 1. The van der Waals surface area contributed by atoms with Crippen molar-refractivity contribution in [1.82, 2.24) is 5.32 Å². The normalized spacial score (nSPS) is 23.9. The third kappa shape index (κ3) is 2.87. The zero-order chi connectivity index (χ0) is 12.5. The Bertz CT molecular complexity index is 421. The van der Waals surface area contributed by atoms with E-state index in [1.54, 1.807) is 0 Å². The SMILES string of the molecule is C#CC(C)(C)NC1CC(c2ccc(F)cc2)C1. The summed E-state index contributed by atoms with van der Waals surface area (Å²) in [5, 5.41) is 3.44. The molecule has 0 atom stereocenters. The highest BCUT2D eigenvalue weighted by Gasteiger charge is 2.33. The van der Waals surface area contributed by atoms with Crippen LogP contribution in [0, 0.1) is 18.2 Å². The third-order valence-corrected chi connectivity index (χ3v) is 3.41. The maximum absolute atomic E-state index is 12.8. The summed E-state index contributed by atoms with van der Waals surface area (Å²) in [6.07, 6.45) is 7.60. The van der Waals surface area contributed by atoms with Gasteiger partial charge in [0.05, 0.1) is 5.54 Å². The van der Waals surface area contributed by atoms with Crippen molar-refractivity contribution in [1.29, 1.82) is 0 Å². The van der Waals surface area contributed by atoms with E-state index in [2.05, 4.69) is 11.2 Å². The second-order valence-electron chi connectivity index (χ2n) is 5.33. The van der Waals surface area contributed by atoms with Crippen molar-refractivity contribution in [2.75, 3.05) is 0 Å². The van der Waals surface area contributed by atoms with Gasteiger partial charge in [-0.2, -0.15) is 0 Å². The first-order valence-electron chi connectivity index (χ1n) is 6.01. The van der Waals surface area contributed by atoms with Crippen molar-refractivity contribution in [3.05, 3.63) is 35.6 Å². The summed E-state index contributed by atoms with van der Waals surface area (Å²) in [5.41, 5.74) is 0.987. The van der Waals surface area contributed by atoms with Crippen molar-refractivity contribution >= 4 is 0 Å². The molecular weight excluding hydrogens is 213 g/mol. The van der Waals surface area contributed by atoms with Gasteiger partial charge in [0.15, 0.2) is 0 Å². The molecule has 1 aromatic rings. The van der Waals surface area contributed by atoms with Gasteiger partial charge in [0.1, 0.15) is 5.82 Å². The molecule has 90 valence electrons. The van der Waals surface area contributed by atoms with Gasteiger partial charge in [-0.25, -0.2) is 4.39 Å². The van der Waals surface area contributed by atoms with Gasteiger partial charge in [0.25, 0.3) is 0 Å². The third-order valence-electron chi connectivity index (χ3n) is 3.41. The minimum atomic E-state index is -0.238. The van der Waals surface area contributed by atoms with E-state index >= 15 is 0 Å². The lowest BCUT2D eigenvalue weighted by Crippen LogP contribution is -2.50. The van der Waals surface area contributed by atoms with E-state index in [4.69, 9.17) is 6.42 Å². The Kier molecular flexibility index (Phi) is 3.22. The van der Waals surface area contributed by atoms with Crippen molar-refractivity contribution in [3.63, 3.8) is 0 Å². The molecule has 0 saturated heterocycles. The second-order valence-corrected chi connectivity index (χ2v) is 5.33. The van der Waals surface area contributed by atoms with Gasteiger partial charge in [-0.1, -0.05) is 18.1 Å². The van der Waals surface area contributed by atoms with Crippen LogP contribution in [0.4, 0.5) is 4.39 Å². The van der Waals surface area contributed by atoms with Crippen LogP contribution in [0.2, 0.25) is 0 Å². The summed E-state index contributed by atoms with van der Waals surface area (Å²) in [4.78, 5) is 0. The fraction of sp³-hybridized carbons (Fsp3) is 0.467. The molecular formula is C15H18FN. The molecule has 0 heterocycles. The van der Waals surface area contributed by atoms with Gasteiger partial charge in [0, 0.05) is 6.04 Å². The Balaban J connectivity index is 1.87. The number of benzene rings is 1. The smallest absolute Gasteiger partial charge is 0.123 e. The minimum absolute atomic E-state index is 0.170. The van der Waals surface area contributed by atoms with E-state index < -0.39 is 0 Å². The van der Waals surface area contributed by atoms with Gasteiger partial charge in [-0.05, 0) is 50.3 Å². The number of halogens is 1. The van der Waals surface area contributed by atoms with E-state index in [9.17, 15) is 4.39 Å². The lowest BCUT2D eigenvalue weighted by atomic mass is 9.75. The van der Waals surface area contributed by atoms with Crippen LogP contribution < -0.4 is 5.32 Å². The molecule has 2 heteroatoms. The number of rotatable bonds is 3. The zero-order valence-corrected chi connectivity index (χ0v) is 10.3. The molecule has 1 nitrogen and oxygen atoms in total. The molecule has 1 aliphatic carbocycles. The second kappa shape index (κ2) is 4.50. The van der Waals surface area contributed by atoms with Gasteiger partial charge >= 0.3 is 0 Å². The van der Waals surface area contributed by atoms with Crippen LogP contribution in [0.15, 0.2) is 24.3 Å². The molecule has 0 unspecified atom stereocenters. The Morgan fingerprint density at radius 3 is 2.41 bits per heavy atom. The van der Waals surface area contributed by atoms with E-state index in [0.29, 0.717) is 12.0 Å². The van der Waals surface area contributed by atoms with Crippen LogP contribution in [0.25, 0.3) is 0 Å². The Morgan fingerprint density at radius 1 is 1.29 bits per heavy atom. The summed E-state index contributed by atoms with van der Waals surface area (Å²) in [6, 6.07) is 7.30. The van der Waals surface area contributed by atoms with Crippen LogP contribution in [-0.4, -0.2) is 11.6 Å². The molecule has 2 rings (SSSR count). The highest BCUT2D eigenvalue weighted by molar-refractivity contribution is 5.24. The Hall–Kier alpha value is -1.33. The van der Waals surface area contributed by atoms with Crippen LogP contribution in [0.1, 0.15) is 38.2 Å². The van der Waals surface area contributed by atoms with Gasteiger partial charge < -0.3 is 0 Å². The molecule has 1 aliphatic rings. The first-order valence-corrected chi connectivity index (χ1v) is 6.01. The van der Waals surface area contributed by atoms with Crippen molar-refractivity contribution in [3.8, 4) is 12.3 Å². The minimum Gasteiger partial charge on any atom is -0.299 e. The van der Waals surface area contributed by atoms with Crippen LogP contribution in [0.3, 0.4) is 0 Å². The van der Waals surface area contributed by atoms with Gasteiger partial charge in [-0.15, -0.1) is 6.42 Å². The highest BCUT2D eigenvalue weighted by Crippen LogP contribution is 2.37. The zero-order valence-electron chi connectivity index (χ0n) is 10.3. The molecule has 1 saturated carbocycles. The molecule has 1 aromatic carbocycles. The summed E-state index contributed by atoms with van der Waals surface area (Å²) < 4.78 is 12.8. The summed E-state index contributed by atoms with van der Waals surface area (Å²) in [5.74, 6) is 3.11. The molecule has 1 N–H and O–H groups in total. The quantitative estimate of drug-likeness (QED) is 0.788. The Labute approximate surface area is 102 Å². The average molecular weight is 231 g/mol. The van der Waals surface area contributed by atoms with Crippen molar-refractivity contribution in [2.45, 2.75) is 44.2 Å². The molecule has 0 amide bonds. The molecule has 17 heavy (non-hydrogen) atoms. The van der Waals surface area contributed by atoms with Crippen LogP contribution in [-0.2, 0) is 0 Å². The fourth-order valence-electron chi connectivity index (χ4n) is 2.29. The van der Waals surface area contributed by atoms with Gasteiger partial charge in [0.2, 0.25) is 0 Å². The maximum Gasteiger partial charge on any atom is 0.123 e. The first-order chi connectivity index (χ1) is 8.00. The van der Waals surface area contributed by atoms with E-state index in [1.807, 2.05) is 26.0 Å². The van der Waals surface area contributed by atoms with E-state index in [-0.39, 0.29) is 11.4 Å². The number of terminal acetylenes is 1. The predicted octanol–water partition coefficient (Wildman–Crippen LogP) is 3.07. The predicted molar refractivity (Wildman–Crippen MR) is 68.2 cm³/mol. The largest absolute Gasteiger partial charge is 0.299 e. The summed E-state index contributed by atoms with van der Waals surface area (Å²) in [7, 11) is 0. The number of hydrogen-bond donors (Lipinski definition) is 1. The van der Waals surface area contributed by atoms with Gasteiger partial charge in [-0.3, -0.25) is 5.32 Å². The summed E-state index contributed by atoms with van der Waals surface area (Å²) >= 11 is 0. The lowest BCUT2D eigenvalue weighted by molar-refractivity contribution is 0.253. The molecule has 1 fully saturated rings. The van der Waals surface area contributed by atoms with Crippen molar-refractivity contribution < 1.29 is 4.39 Å². The molecule has 0 aliphatic heterocycles. The molecule has 0 aromatic heterocycles. The van der Waals surface area contributed by atoms with Crippen LogP contribution >= 0.6 is 0 Å². The Morgan fingerprint density at radius 2 is 1.88 bits per heavy atom. The van der Waals surface area contributed by atoms with Crippen molar-refractivity contribution in [2.24, 2.45) is 0 Å². The average Bonchev–Trinajstić information content (AvgIpc) is 2.25. The summed E-state index contributed by atoms with van der Waals surface area (Å²) in [6.45, 7) is 4.02.